The first-order valence-corrected chi connectivity index (χ1v) is 9.58. The van der Waals surface area contributed by atoms with Crippen LogP contribution < -0.4 is 5.32 Å². The molecule has 128 valence electrons. The lowest BCUT2D eigenvalue weighted by Gasteiger charge is -2.51. The van der Waals surface area contributed by atoms with Gasteiger partial charge >= 0.3 is 0 Å². The Hall–Kier alpha value is -1.24. The van der Waals surface area contributed by atoms with Crippen molar-refractivity contribution < 1.29 is 5.11 Å². The summed E-state index contributed by atoms with van der Waals surface area (Å²) in [7, 11) is 1.87. The highest BCUT2D eigenvalue weighted by Gasteiger charge is 2.50. The van der Waals surface area contributed by atoms with Gasteiger partial charge in [-0.25, -0.2) is 4.98 Å². The van der Waals surface area contributed by atoms with Gasteiger partial charge in [-0.15, -0.1) is 10.2 Å². The predicted octanol–water partition coefficient (Wildman–Crippen LogP) is 3.88. The molecule has 0 atom stereocenters. The van der Waals surface area contributed by atoms with E-state index in [9.17, 15) is 5.11 Å². The lowest BCUT2D eigenvalue weighted by atomic mass is 9.54. The Morgan fingerprint density at radius 1 is 1.21 bits per heavy atom. The number of fused-ring (bicyclic) bond motifs is 3. The predicted molar refractivity (Wildman–Crippen MR) is 96.6 cm³/mol. The normalized spacial score (nSPS) is 29.0. The average molecular weight is 365 g/mol. The molecule has 0 aliphatic heterocycles. The second-order valence-corrected chi connectivity index (χ2v) is 8.52. The van der Waals surface area contributed by atoms with Crippen molar-refractivity contribution in [3.8, 4) is 10.6 Å². The molecule has 24 heavy (non-hydrogen) atoms. The van der Waals surface area contributed by atoms with Crippen LogP contribution in [0.25, 0.3) is 10.6 Å². The van der Waals surface area contributed by atoms with Crippen molar-refractivity contribution >= 4 is 28.6 Å². The van der Waals surface area contributed by atoms with Gasteiger partial charge in [-0.1, -0.05) is 22.9 Å². The van der Waals surface area contributed by atoms with E-state index in [0.29, 0.717) is 11.8 Å². The molecule has 0 spiro atoms. The van der Waals surface area contributed by atoms with Crippen molar-refractivity contribution in [2.24, 2.45) is 5.41 Å². The average Bonchev–Trinajstić information content (AvgIpc) is 3.14. The maximum absolute atomic E-state index is 9.70. The molecule has 3 aliphatic rings. The fourth-order valence-electron chi connectivity index (χ4n) is 4.17. The maximum atomic E-state index is 9.70. The van der Waals surface area contributed by atoms with Gasteiger partial charge < -0.3 is 10.4 Å². The molecule has 2 heterocycles. The van der Waals surface area contributed by atoms with Crippen LogP contribution in [-0.4, -0.2) is 33.9 Å². The largest absolute Gasteiger partial charge is 0.396 e. The van der Waals surface area contributed by atoms with Gasteiger partial charge in [-0.05, 0) is 50.0 Å². The molecular weight excluding hydrogens is 344 g/mol. The topological polar surface area (TPSA) is 70.9 Å². The minimum absolute atomic E-state index is 0.159. The van der Waals surface area contributed by atoms with E-state index in [1.165, 1.54) is 0 Å². The molecule has 2 N–H and O–H groups in total. The Labute approximate surface area is 150 Å². The van der Waals surface area contributed by atoms with Gasteiger partial charge in [0.1, 0.15) is 10.2 Å². The van der Waals surface area contributed by atoms with Gasteiger partial charge in [0.15, 0.2) is 5.01 Å². The van der Waals surface area contributed by atoms with Crippen molar-refractivity contribution in [2.75, 3.05) is 19.0 Å². The maximum Gasteiger partial charge on any atom is 0.151 e. The van der Waals surface area contributed by atoms with Crippen LogP contribution in [0, 0.1) is 5.41 Å². The summed E-state index contributed by atoms with van der Waals surface area (Å²) in [6, 6.07) is 1.81. The smallest absolute Gasteiger partial charge is 0.151 e. The zero-order chi connectivity index (χ0) is 16.8. The molecule has 3 saturated carbocycles. The van der Waals surface area contributed by atoms with Crippen molar-refractivity contribution in [3.05, 3.63) is 22.4 Å². The van der Waals surface area contributed by atoms with Crippen LogP contribution in [0.2, 0.25) is 5.15 Å². The molecule has 3 fully saturated rings. The second-order valence-electron chi connectivity index (χ2n) is 7.15. The highest BCUT2D eigenvalue weighted by molar-refractivity contribution is 7.14. The number of rotatable bonds is 4. The van der Waals surface area contributed by atoms with Crippen molar-refractivity contribution in [2.45, 2.75) is 43.9 Å². The number of nitrogens with one attached hydrogen (secondary N) is 1. The van der Waals surface area contributed by atoms with Crippen molar-refractivity contribution in [1.82, 2.24) is 15.2 Å². The number of hydrogen-bond donors (Lipinski definition) is 2. The van der Waals surface area contributed by atoms with Crippen LogP contribution >= 0.6 is 22.9 Å². The molecule has 5 nitrogen and oxygen atoms in total. The van der Waals surface area contributed by atoms with Gasteiger partial charge in [0.05, 0.1) is 5.56 Å². The number of anilines is 1. The van der Waals surface area contributed by atoms with E-state index in [1.807, 2.05) is 13.1 Å². The summed E-state index contributed by atoms with van der Waals surface area (Å²) < 4.78 is 0. The quantitative estimate of drug-likeness (QED) is 0.805. The summed E-state index contributed by atoms with van der Waals surface area (Å²) in [4.78, 5) is 4.19. The Morgan fingerprint density at radius 3 is 2.54 bits per heavy atom. The fourth-order valence-corrected chi connectivity index (χ4v) is 5.47. The van der Waals surface area contributed by atoms with Gasteiger partial charge in [-0.3, -0.25) is 0 Å². The van der Waals surface area contributed by atoms with Crippen molar-refractivity contribution in [1.29, 1.82) is 0 Å². The Kier molecular flexibility index (Phi) is 4.01. The molecule has 2 aromatic rings. The molecule has 0 aromatic carbocycles. The first-order valence-electron chi connectivity index (χ1n) is 8.38. The molecule has 0 amide bonds. The lowest BCUT2D eigenvalue weighted by Crippen LogP contribution is -2.45. The van der Waals surface area contributed by atoms with Crippen LogP contribution in [0.5, 0.6) is 0 Å². The lowest BCUT2D eigenvalue weighted by molar-refractivity contribution is -0.00713. The Morgan fingerprint density at radius 2 is 1.92 bits per heavy atom. The number of pyridine rings is 1. The first-order chi connectivity index (χ1) is 11.6. The standard InChI is InChI=1S/C17H21ClN4OS/c1-19-12-8-13(18)20-9-11(12)14-21-22-15(24-14)17-5-2-16(10-23,3-6-17)4-7-17/h8-9,23H,2-7,10H2,1H3,(H,19,20). The van der Waals surface area contributed by atoms with E-state index in [1.54, 1.807) is 17.5 Å². The Balaban J connectivity index is 1.65. The van der Waals surface area contributed by atoms with Crippen LogP contribution in [0.4, 0.5) is 5.69 Å². The molecule has 5 rings (SSSR count). The second kappa shape index (κ2) is 5.93. The van der Waals surface area contributed by atoms with E-state index < -0.39 is 0 Å². The number of aromatic nitrogens is 3. The van der Waals surface area contributed by atoms with Crippen LogP contribution in [0.3, 0.4) is 0 Å². The molecular formula is C17H21ClN4OS. The van der Waals surface area contributed by atoms with E-state index in [0.717, 1.165) is 59.8 Å². The third-order valence-electron chi connectivity index (χ3n) is 5.99. The van der Waals surface area contributed by atoms with Crippen LogP contribution in [-0.2, 0) is 5.41 Å². The first kappa shape index (κ1) is 16.2. The number of aliphatic hydroxyl groups is 1. The van der Waals surface area contributed by atoms with Gasteiger partial charge in [0.2, 0.25) is 0 Å². The summed E-state index contributed by atoms with van der Waals surface area (Å²) >= 11 is 7.66. The van der Waals surface area contributed by atoms with Crippen LogP contribution in [0.15, 0.2) is 12.3 Å². The molecule has 3 aliphatic carbocycles. The molecule has 0 unspecified atom stereocenters. The van der Waals surface area contributed by atoms with Gasteiger partial charge in [0.25, 0.3) is 0 Å². The number of aliphatic hydroxyl groups excluding tert-OH is 1. The summed E-state index contributed by atoms with van der Waals surface area (Å²) in [6.45, 7) is 0.326. The molecule has 2 bridgehead atoms. The van der Waals surface area contributed by atoms with E-state index in [4.69, 9.17) is 11.6 Å². The highest BCUT2D eigenvalue weighted by atomic mass is 35.5. The third kappa shape index (κ3) is 2.52. The zero-order valence-corrected chi connectivity index (χ0v) is 15.3. The molecule has 0 radical (unpaired) electrons. The minimum Gasteiger partial charge on any atom is -0.396 e. The highest BCUT2D eigenvalue weighted by Crippen LogP contribution is 2.58. The van der Waals surface area contributed by atoms with Gasteiger partial charge in [-0.2, -0.15) is 0 Å². The monoisotopic (exact) mass is 364 g/mol. The molecule has 0 saturated heterocycles. The summed E-state index contributed by atoms with van der Waals surface area (Å²) in [6.07, 6.45) is 8.39. The summed E-state index contributed by atoms with van der Waals surface area (Å²) in [5.41, 5.74) is 2.20. The molecule has 2 aromatic heterocycles. The number of halogens is 1. The van der Waals surface area contributed by atoms with Gasteiger partial charge in [0, 0.05) is 31.0 Å². The summed E-state index contributed by atoms with van der Waals surface area (Å²) in [5.74, 6) is 0. The summed E-state index contributed by atoms with van der Waals surface area (Å²) in [5, 5.41) is 24.3. The van der Waals surface area contributed by atoms with Crippen molar-refractivity contribution in [3.63, 3.8) is 0 Å². The minimum atomic E-state index is 0.159. The fraction of sp³-hybridized carbons (Fsp3) is 0.588. The SMILES string of the molecule is CNc1cc(Cl)ncc1-c1nnc(C23CCC(CO)(CC2)CC3)s1. The molecule has 7 heteroatoms. The zero-order valence-electron chi connectivity index (χ0n) is 13.7. The van der Waals surface area contributed by atoms with Crippen LogP contribution in [0.1, 0.15) is 43.5 Å². The van der Waals surface area contributed by atoms with E-state index >= 15 is 0 Å². The Bertz CT molecular complexity index is 738. The number of nitrogens with zero attached hydrogens (tertiary/aromatic N) is 3. The van der Waals surface area contributed by atoms with E-state index in [-0.39, 0.29) is 10.8 Å². The van der Waals surface area contributed by atoms with E-state index in [2.05, 4.69) is 20.5 Å². The number of hydrogen-bond acceptors (Lipinski definition) is 6. The third-order valence-corrected chi connectivity index (χ3v) is 7.40.